The van der Waals surface area contributed by atoms with Crippen molar-refractivity contribution in [3.05, 3.63) is 30.0 Å². The lowest BCUT2D eigenvalue weighted by Crippen LogP contribution is -2.27. The minimum Gasteiger partial charge on any atom is -0.497 e. The topological polar surface area (TPSA) is 64.8 Å². The van der Waals surface area contributed by atoms with E-state index in [1.54, 1.807) is 19.1 Å². The molecule has 1 aromatic heterocycles. The maximum atomic E-state index is 11.5. The number of nitrogens with zero attached hydrogens (tertiary/aromatic N) is 2. The third kappa shape index (κ3) is 3.39. The van der Waals surface area contributed by atoms with Crippen LogP contribution in [0.25, 0.3) is 11.3 Å². The number of hydrogen-bond donors (Lipinski definition) is 0. The van der Waals surface area contributed by atoms with E-state index in [2.05, 4.69) is 5.16 Å². The average Bonchev–Trinajstić information content (AvgIpc) is 3.00. The fourth-order valence-corrected chi connectivity index (χ4v) is 2.16. The molecule has 22 heavy (non-hydrogen) atoms. The molecule has 1 heterocycles. The van der Waals surface area contributed by atoms with Gasteiger partial charge in [0.05, 0.1) is 26.3 Å². The number of aromatic nitrogens is 1. The molecule has 2 aromatic rings. The first-order chi connectivity index (χ1) is 10.6. The second-order valence-corrected chi connectivity index (χ2v) is 4.78. The molecule has 1 aromatic carbocycles. The van der Waals surface area contributed by atoms with Gasteiger partial charge in [0.2, 0.25) is 5.91 Å². The van der Waals surface area contributed by atoms with Crippen molar-refractivity contribution >= 4 is 5.91 Å². The van der Waals surface area contributed by atoms with Gasteiger partial charge in [-0.05, 0) is 25.1 Å². The summed E-state index contributed by atoms with van der Waals surface area (Å²) >= 11 is 0. The van der Waals surface area contributed by atoms with Crippen LogP contribution in [0.2, 0.25) is 0 Å². The summed E-state index contributed by atoms with van der Waals surface area (Å²) < 4.78 is 16.0. The standard InChI is InChI=1S/C16H20N2O4/c1-5-18(11(2)19)10-12-8-16(22-17-12)14-9-13(20-3)6-7-15(14)21-4/h6-9H,5,10H2,1-4H3. The van der Waals surface area contributed by atoms with Gasteiger partial charge in [-0.2, -0.15) is 0 Å². The van der Waals surface area contributed by atoms with Crippen molar-refractivity contribution in [2.24, 2.45) is 0 Å². The van der Waals surface area contributed by atoms with Crippen LogP contribution in [0.5, 0.6) is 11.5 Å². The zero-order valence-corrected chi connectivity index (χ0v) is 13.3. The first kappa shape index (κ1) is 15.9. The van der Waals surface area contributed by atoms with Crippen molar-refractivity contribution in [1.29, 1.82) is 0 Å². The molecule has 118 valence electrons. The lowest BCUT2D eigenvalue weighted by molar-refractivity contribution is -0.129. The van der Waals surface area contributed by atoms with Gasteiger partial charge in [-0.25, -0.2) is 0 Å². The number of amides is 1. The summed E-state index contributed by atoms with van der Waals surface area (Å²) in [6.07, 6.45) is 0. The Labute approximate surface area is 129 Å². The summed E-state index contributed by atoms with van der Waals surface area (Å²) in [6.45, 7) is 4.50. The largest absolute Gasteiger partial charge is 0.497 e. The highest BCUT2D eigenvalue weighted by Gasteiger charge is 2.15. The van der Waals surface area contributed by atoms with Crippen LogP contribution in [0, 0.1) is 0 Å². The van der Waals surface area contributed by atoms with Crippen molar-refractivity contribution in [3.63, 3.8) is 0 Å². The van der Waals surface area contributed by atoms with Crippen LogP contribution in [-0.2, 0) is 11.3 Å². The van der Waals surface area contributed by atoms with E-state index in [9.17, 15) is 4.79 Å². The molecule has 0 fully saturated rings. The highest BCUT2D eigenvalue weighted by Crippen LogP contribution is 2.33. The third-order valence-electron chi connectivity index (χ3n) is 3.41. The summed E-state index contributed by atoms with van der Waals surface area (Å²) in [5.41, 5.74) is 1.45. The highest BCUT2D eigenvalue weighted by molar-refractivity contribution is 5.73. The quantitative estimate of drug-likeness (QED) is 0.821. The minimum atomic E-state index is 0.00557. The fraction of sp³-hybridized carbons (Fsp3) is 0.375. The summed E-state index contributed by atoms with van der Waals surface area (Å²) in [5, 5.41) is 4.03. The van der Waals surface area contributed by atoms with E-state index in [4.69, 9.17) is 14.0 Å². The molecule has 1 amide bonds. The normalized spacial score (nSPS) is 10.4. The fourth-order valence-electron chi connectivity index (χ4n) is 2.16. The lowest BCUT2D eigenvalue weighted by Gasteiger charge is -2.16. The number of methoxy groups -OCH3 is 2. The number of ether oxygens (including phenoxy) is 2. The van der Waals surface area contributed by atoms with E-state index in [1.807, 2.05) is 31.2 Å². The van der Waals surface area contributed by atoms with Crippen LogP contribution < -0.4 is 9.47 Å². The Bertz CT molecular complexity index is 651. The van der Waals surface area contributed by atoms with Gasteiger partial charge < -0.3 is 18.9 Å². The number of carbonyl (C=O) groups is 1. The van der Waals surface area contributed by atoms with Gasteiger partial charge in [0.25, 0.3) is 0 Å². The monoisotopic (exact) mass is 304 g/mol. The summed E-state index contributed by atoms with van der Waals surface area (Å²) in [5.74, 6) is 1.95. The Morgan fingerprint density at radius 3 is 2.64 bits per heavy atom. The van der Waals surface area contributed by atoms with E-state index in [-0.39, 0.29) is 5.91 Å². The Hall–Kier alpha value is -2.50. The van der Waals surface area contributed by atoms with E-state index in [0.717, 1.165) is 5.56 Å². The smallest absolute Gasteiger partial charge is 0.219 e. The SMILES string of the molecule is CCN(Cc1cc(-c2cc(OC)ccc2OC)on1)C(C)=O. The van der Waals surface area contributed by atoms with Crippen LogP contribution in [-0.4, -0.2) is 36.7 Å². The summed E-state index contributed by atoms with van der Waals surface area (Å²) in [4.78, 5) is 13.2. The van der Waals surface area contributed by atoms with Crippen molar-refractivity contribution in [3.8, 4) is 22.8 Å². The van der Waals surface area contributed by atoms with Crippen LogP contribution in [0.4, 0.5) is 0 Å². The molecular formula is C16H20N2O4. The van der Waals surface area contributed by atoms with Gasteiger partial charge in [-0.3, -0.25) is 4.79 Å². The third-order valence-corrected chi connectivity index (χ3v) is 3.41. The lowest BCUT2D eigenvalue weighted by atomic mass is 10.1. The van der Waals surface area contributed by atoms with Gasteiger partial charge in [-0.1, -0.05) is 5.16 Å². The molecule has 0 radical (unpaired) electrons. The molecule has 0 atom stereocenters. The molecule has 6 nitrogen and oxygen atoms in total. The van der Waals surface area contributed by atoms with Crippen LogP contribution in [0.1, 0.15) is 19.5 Å². The Morgan fingerprint density at radius 1 is 1.27 bits per heavy atom. The van der Waals surface area contributed by atoms with Gasteiger partial charge >= 0.3 is 0 Å². The number of hydrogen-bond acceptors (Lipinski definition) is 5. The van der Waals surface area contributed by atoms with Crippen molar-refractivity contribution in [2.75, 3.05) is 20.8 Å². The maximum Gasteiger partial charge on any atom is 0.219 e. The number of rotatable bonds is 6. The summed E-state index contributed by atoms with van der Waals surface area (Å²) in [7, 11) is 3.19. The van der Waals surface area contributed by atoms with Crippen LogP contribution >= 0.6 is 0 Å². The molecule has 0 saturated heterocycles. The van der Waals surface area contributed by atoms with E-state index in [1.165, 1.54) is 6.92 Å². The molecular weight excluding hydrogens is 284 g/mol. The Morgan fingerprint density at radius 2 is 2.05 bits per heavy atom. The number of carbonyl (C=O) groups excluding carboxylic acids is 1. The van der Waals surface area contributed by atoms with E-state index >= 15 is 0 Å². The molecule has 0 N–H and O–H groups in total. The first-order valence-electron chi connectivity index (χ1n) is 7.02. The molecule has 0 bridgehead atoms. The van der Waals surface area contributed by atoms with Gasteiger partial charge in [-0.15, -0.1) is 0 Å². The Balaban J connectivity index is 2.29. The predicted octanol–water partition coefficient (Wildman–Crippen LogP) is 2.73. The molecule has 0 aliphatic heterocycles. The molecule has 6 heteroatoms. The molecule has 0 unspecified atom stereocenters. The van der Waals surface area contributed by atoms with Gasteiger partial charge in [0, 0.05) is 19.5 Å². The first-order valence-corrected chi connectivity index (χ1v) is 7.02. The minimum absolute atomic E-state index is 0.00557. The zero-order valence-electron chi connectivity index (χ0n) is 13.3. The second-order valence-electron chi connectivity index (χ2n) is 4.78. The van der Waals surface area contributed by atoms with Crippen molar-refractivity contribution in [2.45, 2.75) is 20.4 Å². The van der Waals surface area contributed by atoms with Crippen molar-refractivity contribution in [1.82, 2.24) is 10.1 Å². The van der Waals surface area contributed by atoms with Crippen molar-refractivity contribution < 1.29 is 18.8 Å². The zero-order chi connectivity index (χ0) is 16.1. The number of benzene rings is 1. The summed E-state index contributed by atoms with van der Waals surface area (Å²) in [6, 6.07) is 7.26. The predicted molar refractivity (Wildman–Crippen MR) is 81.8 cm³/mol. The second kappa shape index (κ2) is 6.98. The van der Waals surface area contributed by atoms with Gasteiger partial charge in [0.1, 0.15) is 17.2 Å². The molecule has 0 aliphatic rings. The highest BCUT2D eigenvalue weighted by atomic mass is 16.5. The average molecular weight is 304 g/mol. The van der Waals surface area contributed by atoms with Gasteiger partial charge in [0.15, 0.2) is 5.76 Å². The molecule has 0 saturated carbocycles. The molecule has 0 aliphatic carbocycles. The maximum absolute atomic E-state index is 11.5. The Kier molecular flexibility index (Phi) is 5.04. The van der Waals surface area contributed by atoms with Crippen LogP contribution in [0.3, 0.4) is 0 Å². The molecule has 2 rings (SSSR count). The van der Waals surface area contributed by atoms with E-state index < -0.39 is 0 Å². The van der Waals surface area contributed by atoms with E-state index in [0.29, 0.717) is 36.0 Å². The van der Waals surface area contributed by atoms with Crippen LogP contribution in [0.15, 0.2) is 28.8 Å². The molecule has 0 spiro atoms.